The number of nitrogens with two attached hydrogens (primary N) is 1. The number of azide groups is 1. The average Bonchev–Trinajstić information content (AvgIpc) is 2.15. The van der Waals surface area contributed by atoms with Crippen molar-refractivity contribution >= 4 is 11.8 Å². The van der Waals surface area contributed by atoms with E-state index >= 15 is 0 Å². The highest BCUT2D eigenvalue weighted by atomic mass is 15.1. The average molecular weight is 188 g/mol. The lowest BCUT2D eigenvalue weighted by atomic mass is 10.1. The molecule has 0 atom stereocenters. The maximum Gasteiger partial charge on any atom is 0.0443 e. The molecule has 0 amide bonds. The minimum atomic E-state index is 0.351. The molecule has 0 aliphatic heterocycles. The van der Waals surface area contributed by atoms with Gasteiger partial charge >= 0.3 is 0 Å². The third-order valence-corrected chi connectivity index (χ3v) is 1.79. The molecule has 0 bridgehead atoms. The van der Waals surface area contributed by atoms with Crippen molar-refractivity contribution in [2.45, 2.75) is 6.92 Å². The van der Waals surface area contributed by atoms with Crippen molar-refractivity contribution in [1.82, 2.24) is 0 Å². The SMILES string of the molecule is Cc1ccc(C=CCN=[N+]=[N-])c(N)c1. The zero-order valence-corrected chi connectivity index (χ0v) is 8.01. The molecule has 0 heterocycles. The van der Waals surface area contributed by atoms with E-state index in [2.05, 4.69) is 10.0 Å². The van der Waals surface area contributed by atoms with Crippen LogP contribution in [-0.2, 0) is 0 Å². The van der Waals surface area contributed by atoms with Gasteiger partial charge < -0.3 is 5.73 Å². The van der Waals surface area contributed by atoms with Crippen molar-refractivity contribution in [3.8, 4) is 0 Å². The van der Waals surface area contributed by atoms with Gasteiger partial charge in [0.05, 0.1) is 0 Å². The molecule has 1 aromatic carbocycles. The van der Waals surface area contributed by atoms with Crippen LogP contribution in [0.5, 0.6) is 0 Å². The first kappa shape index (κ1) is 10.2. The molecule has 4 heteroatoms. The number of nitrogens with zero attached hydrogens (tertiary/aromatic N) is 3. The summed E-state index contributed by atoms with van der Waals surface area (Å²) in [7, 11) is 0. The molecule has 0 spiro atoms. The topological polar surface area (TPSA) is 74.8 Å². The van der Waals surface area contributed by atoms with Gasteiger partial charge in [0.2, 0.25) is 0 Å². The zero-order chi connectivity index (χ0) is 10.4. The lowest BCUT2D eigenvalue weighted by Crippen LogP contribution is -1.89. The molecule has 4 nitrogen and oxygen atoms in total. The minimum absolute atomic E-state index is 0.351. The van der Waals surface area contributed by atoms with Crippen LogP contribution in [-0.4, -0.2) is 6.54 Å². The summed E-state index contributed by atoms with van der Waals surface area (Å²) in [5, 5.41) is 3.39. The molecule has 0 saturated heterocycles. The van der Waals surface area contributed by atoms with Crippen LogP contribution in [0.4, 0.5) is 5.69 Å². The summed E-state index contributed by atoms with van der Waals surface area (Å²) in [6, 6.07) is 5.84. The second kappa shape index (κ2) is 4.94. The maximum absolute atomic E-state index is 8.05. The number of benzene rings is 1. The Bertz CT molecular complexity index is 389. The monoisotopic (exact) mass is 188 g/mol. The summed E-state index contributed by atoms with van der Waals surface area (Å²) < 4.78 is 0. The smallest absolute Gasteiger partial charge is 0.0443 e. The second-order valence-electron chi connectivity index (χ2n) is 2.95. The van der Waals surface area contributed by atoms with Crippen LogP contribution in [0.1, 0.15) is 11.1 Å². The second-order valence-corrected chi connectivity index (χ2v) is 2.95. The van der Waals surface area contributed by atoms with Crippen LogP contribution < -0.4 is 5.73 Å². The molecule has 0 saturated carbocycles. The first-order valence-electron chi connectivity index (χ1n) is 4.27. The Morgan fingerprint density at radius 2 is 2.36 bits per heavy atom. The van der Waals surface area contributed by atoms with E-state index in [9.17, 15) is 0 Å². The van der Waals surface area contributed by atoms with Crippen LogP contribution in [0, 0.1) is 6.92 Å². The Hall–Kier alpha value is -1.93. The van der Waals surface area contributed by atoms with E-state index < -0.39 is 0 Å². The summed E-state index contributed by atoms with van der Waals surface area (Å²) >= 11 is 0. The van der Waals surface area contributed by atoms with Crippen molar-refractivity contribution in [3.63, 3.8) is 0 Å². The number of hydrogen-bond acceptors (Lipinski definition) is 2. The summed E-state index contributed by atoms with van der Waals surface area (Å²) in [4.78, 5) is 2.65. The first-order chi connectivity index (χ1) is 6.74. The van der Waals surface area contributed by atoms with E-state index in [1.807, 2.05) is 31.2 Å². The predicted octanol–water partition coefficient (Wildman–Crippen LogP) is 2.90. The van der Waals surface area contributed by atoms with Gasteiger partial charge in [0.15, 0.2) is 0 Å². The van der Waals surface area contributed by atoms with Crippen molar-refractivity contribution in [3.05, 3.63) is 45.8 Å². The van der Waals surface area contributed by atoms with Gasteiger partial charge in [-0.05, 0) is 29.6 Å². The zero-order valence-electron chi connectivity index (χ0n) is 8.01. The standard InChI is InChI=1S/C10H12N4/c1-8-4-5-9(10(11)7-8)3-2-6-13-14-12/h2-5,7H,6,11H2,1H3. The van der Waals surface area contributed by atoms with Crippen molar-refractivity contribution in [2.24, 2.45) is 5.11 Å². The van der Waals surface area contributed by atoms with E-state index in [0.717, 1.165) is 16.8 Å². The Morgan fingerprint density at radius 1 is 1.57 bits per heavy atom. The van der Waals surface area contributed by atoms with Crippen molar-refractivity contribution in [1.29, 1.82) is 0 Å². The highest BCUT2D eigenvalue weighted by Gasteiger charge is 1.93. The fraction of sp³-hybridized carbons (Fsp3) is 0.200. The predicted molar refractivity (Wildman–Crippen MR) is 58.6 cm³/mol. The third-order valence-electron chi connectivity index (χ3n) is 1.79. The maximum atomic E-state index is 8.05. The molecule has 0 radical (unpaired) electrons. The molecule has 1 aromatic rings. The van der Waals surface area contributed by atoms with Gasteiger partial charge in [0.1, 0.15) is 0 Å². The Morgan fingerprint density at radius 3 is 3.00 bits per heavy atom. The molecule has 0 fully saturated rings. The van der Waals surface area contributed by atoms with Crippen LogP contribution in [0.15, 0.2) is 29.4 Å². The van der Waals surface area contributed by atoms with Crippen LogP contribution in [0.2, 0.25) is 0 Å². The van der Waals surface area contributed by atoms with Crippen LogP contribution in [0.3, 0.4) is 0 Å². The number of hydrogen-bond donors (Lipinski definition) is 1. The first-order valence-corrected chi connectivity index (χ1v) is 4.27. The number of nitrogen functional groups attached to an aromatic ring is 1. The summed E-state index contributed by atoms with van der Waals surface area (Å²) in [6.07, 6.45) is 3.63. The molecule has 0 unspecified atom stereocenters. The largest absolute Gasteiger partial charge is 0.398 e. The van der Waals surface area contributed by atoms with Gasteiger partial charge in [-0.25, -0.2) is 0 Å². The van der Waals surface area contributed by atoms with Gasteiger partial charge in [0.25, 0.3) is 0 Å². The van der Waals surface area contributed by atoms with Gasteiger partial charge in [-0.3, -0.25) is 0 Å². The molecule has 1 rings (SSSR count). The summed E-state index contributed by atoms with van der Waals surface area (Å²) in [5.74, 6) is 0. The molecule has 72 valence electrons. The fourth-order valence-corrected chi connectivity index (χ4v) is 1.11. The van der Waals surface area contributed by atoms with Gasteiger partial charge in [0, 0.05) is 17.1 Å². The van der Waals surface area contributed by atoms with E-state index in [1.54, 1.807) is 6.08 Å². The van der Waals surface area contributed by atoms with Crippen molar-refractivity contribution < 1.29 is 0 Å². The molecule has 2 N–H and O–H groups in total. The quantitative estimate of drug-likeness (QED) is 0.336. The van der Waals surface area contributed by atoms with Gasteiger partial charge in [-0.15, -0.1) is 0 Å². The third kappa shape index (κ3) is 2.84. The number of anilines is 1. The fourth-order valence-electron chi connectivity index (χ4n) is 1.11. The molecule has 14 heavy (non-hydrogen) atoms. The van der Waals surface area contributed by atoms with Gasteiger partial charge in [-0.2, -0.15) is 0 Å². The Labute approximate surface area is 82.7 Å². The Balaban J connectivity index is 2.76. The summed E-state index contributed by atoms with van der Waals surface area (Å²) in [6.45, 7) is 2.34. The summed E-state index contributed by atoms with van der Waals surface area (Å²) in [5.41, 5.74) is 16.7. The number of aryl methyl sites for hydroxylation is 1. The van der Waals surface area contributed by atoms with E-state index in [-0.39, 0.29) is 0 Å². The molecule has 0 aliphatic carbocycles. The molecule has 0 aliphatic rings. The minimum Gasteiger partial charge on any atom is -0.398 e. The van der Waals surface area contributed by atoms with E-state index in [1.165, 1.54) is 0 Å². The molecular weight excluding hydrogens is 176 g/mol. The van der Waals surface area contributed by atoms with E-state index in [4.69, 9.17) is 11.3 Å². The van der Waals surface area contributed by atoms with Gasteiger partial charge in [-0.1, -0.05) is 29.4 Å². The Kier molecular flexibility index (Phi) is 3.58. The molecule has 0 aromatic heterocycles. The normalized spacial score (nSPS) is 10.1. The van der Waals surface area contributed by atoms with Crippen molar-refractivity contribution in [2.75, 3.05) is 12.3 Å². The lowest BCUT2D eigenvalue weighted by molar-refractivity contribution is 1.22. The van der Waals surface area contributed by atoms with Crippen LogP contribution >= 0.6 is 0 Å². The number of rotatable bonds is 3. The van der Waals surface area contributed by atoms with E-state index in [0.29, 0.717) is 6.54 Å². The lowest BCUT2D eigenvalue weighted by Gasteiger charge is -2.00. The highest BCUT2D eigenvalue weighted by Crippen LogP contribution is 2.14. The molecular formula is C10H12N4. The van der Waals surface area contributed by atoms with Crippen LogP contribution in [0.25, 0.3) is 16.5 Å². The highest BCUT2D eigenvalue weighted by molar-refractivity contribution is 5.65.